The summed E-state index contributed by atoms with van der Waals surface area (Å²) in [6.45, 7) is 2.15. The number of hydrogen-bond donors (Lipinski definition) is 2. The van der Waals surface area contributed by atoms with Crippen molar-refractivity contribution in [3.05, 3.63) is 29.3 Å². The van der Waals surface area contributed by atoms with Crippen molar-refractivity contribution in [2.45, 2.75) is 57.0 Å². The minimum absolute atomic E-state index is 0.0549. The molecule has 0 aliphatic heterocycles. The maximum Gasteiger partial charge on any atom is 0.130 e. The highest BCUT2D eigenvalue weighted by Crippen LogP contribution is 2.64. The third-order valence-electron chi connectivity index (χ3n) is 6.94. The van der Waals surface area contributed by atoms with Gasteiger partial charge in [-0.1, -0.05) is 18.9 Å². The Balaban J connectivity index is 1.76. The maximum absolute atomic E-state index is 10.9. The Morgan fingerprint density at radius 3 is 2.95 bits per heavy atom. The summed E-state index contributed by atoms with van der Waals surface area (Å²) in [5.74, 6) is 3.64. The molecular weight excluding hydrogens is 272 g/mol. The lowest BCUT2D eigenvalue weighted by molar-refractivity contribution is -0.0646. The van der Waals surface area contributed by atoms with Crippen molar-refractivity contribution in [1.29, 1.82) is 0 Å². The first kappa shape index (κ1) is 12.0. The summed E-state index contributed by atoms with van der Waals surface area (Å²) in [5, 5.41) is 20.9. The van der Waals surface area contributed by atoms with Crippen LogP contribution in [0.3, 0.4) is 0 Å². The van der Waals surface area contributed by atoms with Gasteiger partial charge >= 0.3 is 0 Å². The summed E-state index contributed by atoms with van der Waals surface area (Å²) in [4.78, 5) is 0. The number of aromatic hydroxyl groups is 1. The van der Waals surface area contributed by atoms with E-state index in [1.807, 2.05) is 0 Å². The van der Waals surface area contributed by atoms with Gasteiger partial charge in [0.05, 0.1) is 2.74 Å². The van der Waals surface area contributed by atoms with Crippen LogP contribution in [0.15, 0.2) is 18.2 Å². The quantitative estimate of drug-likeness (QED) is 0.718. The molecule has 2 nitrogen and oxygen atoms in total. The van der Waals surface area contributed by atoms with Gasteiger partial charge in [-0.3, -0.25) is 0 Å². The number of terminal acetylenes is 1. The molecule has 0 heterocycles. The summed E-state index contributed by atoms with van der Waals surface area (Å²) in [5.41, 5.74) is 0.764. The normalized spacial score (nSPS) is 44.1. The van der Waals surface area contributed by atoms with Gasteiger partial charge in [-0.25, -0.2) is 0 Å². The van der Waals surface area contributed by atoms with E-state index in [0.717, 1.165) is 43.2 Å². The number of rotatable bonds is 0. The fourth-order valence-corrected chi connectivity index (χ4v) is 5.66. The molecule has 0 spiro atoms. The Bertz CT molecular complexity index is 753. The van der Waals surface area contributed by atoms with E-state index in [4.69, 9.17) is 9.16 Å². The highest BCUT2D eigenvalue weighted by Gasteiger charge is 2.61. The van der Waals surface area contributed by atoms with Crippen LogP contribution in [0.25, 0.3) is 0 Å². The van der Waals surface area contributed by atoms with Crippen molar-refractivity contribution in [2.75, 3.05) is 0 Å². The summed E-state index contributed by atoms with van der Waals surface area (Å²) >= 11 is 0. The fourth-order valence-electron chi connectivity index (χ4n) is 5.66. The highest BCUT2D eigenvalue weighted by molar-refractivity contribution is 5.40. The Morgan fingerprint density at radius 2 is 2.18 bits per heavy atom. The molecule has 2 N–H and O–H groups in total. The SMILES string of the molecule is [2H]c1cc2c(c([2H])c1O)CC[C@@H]1[C@@H]2CC[C@@]2(C)[C@H]1CC[C@@]2(O)C#C. The number of aliphatic hydroxyl groups is 1. The van der Waals surface area contributed by atoms with E-state index in [-0.39, 0.29) is 23.2 Å². The monoisotopic (exact) mass is 298 g/mol. The Morgan fingerprint density at radius 1 is 1.36 bits per heavy atom. The zero-order chi connectivity index (χ0) is 17.3. The zero-order valence-corrected chi connectivity index (χ0v) is 13.0. The Labute approximate surface area is 135 Å². The Hall–Kier alpha value is -1.46. The van der Waals surface area contributed by atoms with Gasteiger partial charge in [0.1, 0.15) is 11.4 Å². The van der Waals surface area contributed by atoms with Gasteiger partial charge in [0.15, 0.2) is 0 Å². The van der Waals surface area contributed by atoms with Crippen molar-refractivity contribution in [2.24, 2.45) is 17.3 Å². The van der Waals surface area contributed by atoms with Crippen LogP contribution in [0.4, 0.5) is 0 Å². The number of hydrogen-bond acceptors (Lipinski definition) is 2. The van der Waals surface area contributed by atoms with Gasteiger partial charge in [0, 0.05) is 5.41 Å². The largest absolute Gasteiger partial charge is 0.508 e. The minimum Gasteiger partial charge on any atom is -0.508 e. The summed E-state index contributed by atoms with van der Waals surface area (Å²) in [6, 6.07) is 1.96. The molecule has 3 aliphatic rings. The molecule has 2 heteroatoms. The molecule has 1 aromatic rings. The molecule has 4 rings (SSSR count). The minimum atomic E-state index is -1.00. The molecule has 22 heavy (non-hydrogen) atoms. The third-order valence-corrected chi connectivity index (χ3v) is 6.94. The number of benzene rings is 1. The molecule has 2 fully saturated rings. The van der Waals surface area contributed by atoms with Gasteiger partial charge < -0.3 is 10.2 Å². The second-order valence-electron chi connectivity index (χ2n) is 7.61. The van der Waals surface area contributed by atoms with Crippen molar-refractivity contribution >= 4 is 0 Å². The standard InChI is InChI=1S/C20H24O2/c1-3-20(22)11-9-18-17-6-4-13-12-14(21)5-7-15(13)16(17)8-10-19(18,20)2/h1,5,7,12,16-18,21-22H,4,6,8-11H2,2H3/t16-,17-,18+,19+,20+/m1/s1/i5D,12D. The van der Waals surface area contributed by atoms with Crippen LogP contribution in [0.1, 0.15) is 58.8 Å². The second kappa shape index (κ2) is 4.52. The molecule has 0 bridgehead atoms. The zero-order valence-electron chi connectivity index (χ0n) is 15.0. The van der Waals surface area contributed by atoms with Crippen LogP contribution in [0.5, 0.6) is 5.75 Å². The molecule has 0 aromatic heterocycles. The van der Waals surface area contributed by atoms with Crippen molar-refractivity contribution in [1.82, 2.24) is 0 Å². The predicted molar refractivity (Wildman–Crippen MR) is 86.5 cm³/mol. The first-order chi connectivity index (χ1) is 11.3. The molecule has 5 atom stereocenters. The van der Waals surface area contributed by atoms with Gasteiger partial charge in [-0.2, -0.15) is 0 Å². The maximum atomic E-state index is 10.9. The molecule has 2 saturated carbocycles. The van der Waals surface area contributed by atoms with Crippen LogP contribution in [0.2, 0.25) is 0 Å². The average Bonchev–Trinajstić information content (AvgIpc) is 2.85. The number of phenols is 1. The van der Waals surface area contributed by atoms with E-state index in [0.29, 0.717) is 24.2 Å². The fraction of sp³-hybridized carbons (Fsp3) is 0.600. The first-order valence-corrected chi connectivity index (χ1v) is 8.34. The van der Waals surface area contributed by atoms with E-state index in [1.54, 1.807) is 6.07 Å². The van der Waals surface area contributed by atoms with Crippen molar-refractivity contribution < 1.29 is 13.0 Å². The molecule has 0 saturated heterocycles. The van der Waals surface area contributed by atoms with Crippen LogP contribution in [-0.2, 0) is 6.42 Å². The molecule has 0 unspecified atom stereocenters. The van der Waals surface area contributed by atoms with Crippen LogP contribution in [-0.4, -0.2) is 15.8 Å². The second-order valence-corrected chi connectivity index (χ2v) is 7.61. The van der Waals surface area contributed by atoms with Crippen molar-refractivity contribution in [3.63, 3.8) is 0 Å². The summed E-state index contributed by atoms with van der Waals surface area (Å²) < 4.78 is 16.1. The van der Waals surface area contributed by atoms with E-state index in [9.17, 15) is 10.2 Å². The predicted octanol–water partition coefficient (Wildman–Crippen LogP) is 3.61. The number of phenolic OH excluding ortho intramolecular Hbond substituents is 1. The lowest BCUT2D eigenvalue weighted by atomic mass is 9.53. The number of fused-ring (bicyclic) bond motifs is 5. The van der Waals surface area contributed by atoms with Crippen LogP contribution in [0, 0.1) is 29.6 Å². The Kier molecular flexibility index (Phi) is 2.47. The van der Waals surface area contributed by atoms with Crippen molar-refractivity contribution in [3.8, 4) is 18.1 Å². The smallest absolute Gasteiger partial charge is 0.130 e. The molecular formula is C20H24O2. The average molecular weight is 298 g/mol. The molecule has 1 aromatic carbocycles. The van der Waals surface area contributed by atoms with Crippen LogP contribution < -0.4 is 0 Å². The van der Waals surface area contributed by atoms with Gasteiger partial charge in [0.25, 0.3) is 0 Å². The van der Waals surface area contributed by atoms with E-state index >= 15 is 0 Å². The highest BCUT2D eigenvalue weighted by atomic mass is 16.3. The van der Waals surface area contributed by atoms with E-state index < -0.39 is 5.60 Å². The van der Waals surface area contributed by atoms with Crippen LogP contribution >= 0.6 is 0 Å². The lowest BCUT2D eigenvalue weighted by Gasteiger charge is -2.52. The topological polar surface area (TPSA) is 40.5 Å². The molecule has 0 amide bonds. The van der Waals surface area contributed by atoms with Gasteiger partial charge in [-0.15, -0.1) is 6.42 Å². The lowest BCUT2D eigenvalue weighted by Crippen LogP contribution is -2.50. The first-order valence-electron chi connectivity index (χ1n) is 9.34. The third kappa shape index (κ3) is 1.66. The van der Waals surface area contributed by atoms with E-state index in [1.165, 1.54) is 0 Å². The van der Waals surface area contributed by atoms with E-state index in [2.05, 4.69) is 12.8 Å². The summed E-state index contributed by atoms with van der Waals surface area (Å²) in [7, 11) is 0. The molecule has 116 valence electrons. The van der Waals surface area contributed by atoms with Gasteiger partial charge in [-0.05, 0) is 79.5 Å². The summed E-state index contributed by atoms with van der Waals surface area (Å²) in [6.07, 6.45) is 10.9. The molecule has 3 aliphatic carbocycles. The van der Waals surface area contributed by atoms with Gasteiger partial charge in [0.2, 0.25) is 0 Å². The molecule has 0 radical (unpaired) electrons.